The summed E-state index contributed by atoms with van der Waals surface area (Å²) in [4.78, 5) is 0. The molecular weight excluding hydrogens is 204 g/mol. The lowest BCUT2D eigenvalue weighted by molar-refractivity contribution is 0.123. The first-order chi connectivity index (χ1) is 7.93. The van der Waals surface area contributed by atoms with E-state index >= 15 is 0 Å². The van der Waals surface area contributed by atoms with Gasteiger partial charge in [-0.2, -0.15) is 5.26 Å². The molecule has 0 aliphatic heterocycles. The summed E-state index contributed by atoms with van der Waals surface area (Å²) in [5.41, 5.74) is 1.17. The van der Waals surface area contributed by atoms with Crippen LogP contribution in [0.1, 0.15) is 5.56 Å². The third-order valence-electron chi connectivity index (χ3n) is 1.74. The Hall–Kier alpha value is -1.41. The van der Waals surface area contributed by atoms with Crippen LogP contribution in [0.25, 0.3) is 0 Å². The van der Waals surface area contributed by atoms with Gasteiger partial charge in [0.25, 0.3) is 0 Å². The van der Waals surface area contributed by atoms with Gasteiger partial charge in [-0.25, -0.2) is 0 Å². The maximum Gasteiger partial charge on any atom is 0.0841 e. The van der Waals surface area contributed by atoms with E-state index in [1.807, 2.05) is 36.4 Å². The van der Waals surface area contributed by atoms with Crippen LogP contribution in [0.2, 0.25) is 0 Å². The monoisotopic (exact) mass is 222 g/mol. The molecule has 0 aliphatic carbocycles. The van der Waals surface area contributed by atoms with Gasteiger partial charge in [0.15, 0.2) is 0 Å². The van der Waals surface area contributed by atoms with Gasteiger partial charge in [0, 0.05) is 13.7 Å². The highest BCUT2D eigenvalue weighted by atomic mass is 16.5. The number of aliphatic hydroxyl groups excluding tert-OH is 1. The molecule has 0 aromatic heterocycles. The minimum absolute atomic E-state index is 0.384. The number of benzene rings is 1. The normalized spacial score (nSPS) is 8.81. The van der Waals surface area contributed by atoms with E-state index in [-0.39, 0.29) is 0 Å². The predicted molar refractivity (Wildman–Crippen MR) is 62.7 cm³/mol. The van der Waals surface area contributed by atoms with Crippen molar-refractivity contribution >= 4 is 0 Å². The summed E-state index contributed by atoms with van der Waals surface area (Å²) in [5.74, 6) is 0. The molecule has 0 amide bonds. The van der Waals surface area contributed by atoms with Crippen molar-refractivity contribution < 1.29 is 9.84 Å². The van der Waals surface area contributed by atoms with E-state index in [4.69, 9.17) is 15.1 Å². The van der Waals surface area contributed by atoms with Gasteiger partial charge in [0.2, 0.25) is 0 Å². The molecule has 1 aromatic carbocycles. The van der Waals surface area contributed by atoms with E-state index < -0.39 is 0 Å². The topological polar surface area (TPSA) is 65.3 Å². The van der Waals surface area contributed by atoms with Crippen LogP contribution in [0, 0.1) is 11.3 Å². The largest absolute Gasteiger partial charge is 0.400 e. The summed E-state index contributed by atoms with van der Waals surface area (Å²) in [5, 5.41) is 18.2. The van der Waals surface area contributed by atoms with Crippen LogP contribution in [0.5, 0.6) is 0 Å². The van der Waals surface area contributed by atoms with Crippen LogP contribution in [0.15, 0.2) is 30.3 Å². The molecule has 0 spiro atoms. The smallest absolute Gasteiger partial charge is 0.0841 e. The third-order valence-corrected chi connectivity index (χ3v) is 1.74. The van der Waals surface area contributed by atoms with Gasteiger partial charge in [-0.15, -0.1) is 0 Å². The van der Waals surface area contributed by atoms with Crippen molar-refractivity contribution in [2.24, 2.45) is 0 Å². The van der Waals surface area contributed by atoms with Crippen LogP contribution in [-0.4, -0.2) is 31.9 Å². The molecule has 0 saturated heterocycles. The molecule has 4 heteroatoms. The number of nitrogens with zero attached hydrogens (tertiary/aromatic N) is 1. The number of aliphatic hydroxyl groups is 1. The molecule has 1 rings (SSSR count). The van der Waals surface area contributed by atoms with Crippen molar-refractivity contribution in [1.82, 2.24) is 5.32 Å². The fourth-order valence-electron chi connectivity index (χ4n) is 1.05. The van der Waals surface area contributed by atoms with Crippen molar-refractivity contribution in [3.63, 3.8) is 0 Å². The van der Waals surface area contributed by atoms with Crippen LogP contribution in [0.3, 0.4) is 0 Å². The van der Waals surface area contributed by atoms with Crippen LogP contribution in [-0.2, 0) is 11.3 Å². The second kappa shape index (κ2) is 11.7. The lowest BCUT2D eigenvalue weighted by Crippen LogP contribution is -2.19. The second-order valence-corrected chi connectivity index (χ2v) is 2.87. The van der Waals surface area contributed by atoms with Gasteiger partial charge in [-0.1, -0.05) is 30.3 Å². The van der Waals surface area contributed by atoms with Gasteiger partial charge in [0.1, 0.15) is 0 Å². The Morgan fingerprint density at radius 2 is 2.00 bits per heavy atom. The summed E-state index contributed by atoms with van der Waals surface area (Å²) in [6.45, 7) is 2.38. The van der Waals surface area contributed by atoms with E-state index in [1.165, 1.54) is 5.56 Å². The first-order valence-corrected chi connectivity index (χ1v) is 5.07. The molecular formula is C12H18N2O2. The summed E-state index contributed by atoms with van der Waals surface area (Å²) in [7, 11) is 1.00. The Bertz CT molecular complexity index is 283. The Kier molecular flexibility index (Phi) is 10.6. The van der Waals surface area contributed by atoms with E-state index in [0.29, 0.717) is 19.8 Å². The lowest BCUT2D eigenvalue weighted by Gasteiger charge is -2.03. The van der Waals surface area contributed by atoms with Crippen LogP contribution < -0.4 is 5.32 Å². The van der Waals surface area contributed by atoms with Gasteiger partial charge in [-0.05, 0) is 5.56 Å². The van der Waals surface area contributed by atoms with Crippen molar-refractivity contribution in [3.05, 3.63) is 35.9 Å². The minimum Gasteiger partial charge on any atom is -0.400 e. The average molecular weight is 222 g/mol. The molecule has 1 aromatic rings. The van der Waals surface area contributed by atoms with Crippen molar-refractivity contribution in [2.45, 2.75) is 6.61 Å². The zero-order valence-corrected chi connectivity index (χ0v) is 9.52. The highest BCUT2D eigenvalue weighted by molar-refractivity contribution is 5.13. The summed E-state index contributed by atoms with van der Waals surface area (Å²) in [6, 6.07) is 12.0. The second-order valence-electron chi connectivity index (χ2n) is 2.87. The maximum atomic E-state index is 8.25. The highest BCUT2D eigenvalue weighted by Crippen LogP contribution is 1.99. The Labute approximate surface area is 96.5 Å². The van der Waals surface area contributed by atoms with E-state index in [2.05, 4.69) is 5.32 Å². The molecule has 16 heavy (non-hydrogen) atoms. The zero-order chi connectivity index (χ0) is 12.1. The van der Waals surface area contributed by atoms with Crippen molar-refractivity contribution in [2.75, 3.05) is 26.8 Å². The number of nitrogens with one attached hydrogen (secondary N) is 1. The average Bonchev–Trinajstić information content (AvgIpc) is 2.37. The number of rotatable bonds is 6. The molecule has 88 valence electrons. The maximum absolute atomic E-state index is 8.25. The van der Waals surface area contributed by atoms with Crippen LogP contribution >= 0.6 is 0 Å². The number of nitriles is 1. The molecule has 2 N–H and O–H groups in total. The third kappa shape index (κ3) is 7.94. The zero-order valence-electron chi connectivity index (χ0n) is 9.52. The number of hydrogen-bond acceptors (Lipinski definition) is 4. The molecule has 0 heterocycles. The van der Waals surface area contributed by atoms with Gasteiger partial charge in [-0.3, -0.25) is 0 Å². The Morgan fingerprint density at radius 3 is 2.62 bits per heavy atom. The first kappa shape index (κ1) is 14.6. The molecule has 0 atom stereocenters. The van der Waals surface area contributed by atoms with Gasteiger partial charge >= 0.3 is 0 Å². The fraction of sp³-hybridized carbons (Fsp3) is 0.417. The number of ether oxygens (including phenoxy) is 1. The summed E-state index contributed by atoms with van der Waals surface area (Å²) >= 11 is 0. The van der Waals surface area contributed by atoms with Gasteiger partial charge in [0.05, 0.1) is 25.8 Å². The molecule has 0 unspecified atom stereocenters. The Balaban J connectivity index is 0.00000106. The van der Waals surface area contributed by atoms with Crippen molar-refractivity contribution in [1.29, 1.82) is 5.26 Å². The van der Waals surface area contributed by atoms with E-state index in [0.717, 1.165) is 13.7 Å². The molecule has 0 bridgehead atoms. The standard InChI is InChI=1S/C11H14N2O.CH4O/c12-6-7-13-8-9-14-10-11-4-2-1-3-5-11;1-2/h1-5,13H,7-10H2;2H,1H3. The summed E-state index contributed by atoms with van der Waals surface area (Å²) < 4.78 is 5.39. The first-order valence-electron chi connectivity index (χ1n) is 5.07. The number of hydrogen-bond donors (Lipinski definition) is 2. The highest BCUT2D eigenvalue weighted by Gasteiger charge is 1.90. The molecule has 4 nitrogen and oxygen atoms in total. The molecule has 0 saturated carbocycles. The lowest BCUT2D eigenvalue weighted by atomic mass is 10.2. The van der Waals surface area contributed by atoms with E-state index in [9.17, 15) is 0 Å². The van der Waals surface area contributed by atoms with Gasteiger partial charge < -0.3 is 15.2 Å². The fourth-order valence-corrected chi connectivity index (χ4v) is 1.05. The quantitative estimate of drug-likeness (QED) is 0.555. The molecule has 0 aliphatic rings. The van der Waals surface area contributed by atoms with E-state index in [1.54, 1.807) is 0 Å². The minimum atomic E-state index is 0.384. The van der Waals surface area contributed by atoms with Crippen molar-refractivity contribution in [3.8, 4) is 6.07 Å². The molecule has 0 radical (unpaired) electrons. The predicted octanol–water partition coefficient (Wildman–Crippen LogP) is 0.925. The molecule has 0 fully saturated rings. The summed E-state index contributed by atoms with van der Waals surface area (Å²) in [6.07, 6.45) is 0. The Morgan fingerprint density at radius 1 is 1.31 bits per heavy atom. The van der Waals surface area contributed by atoms with Crippen LogP contribution in [0.4, 0.5) is 0 Å². The SMILES string of the molecule is CO.N#CCNCCOCc1ccccc1.